The molecule has 0 saturated carbocycles. The standard InChI is InChI=1S/C90H131O9P3/c1-79(2,3)54-42-61-62-43-55(80(4,5)6)49-68(86(22,23)24)74(62)95-100(94-73(61)67(48-54)85(19,20)21)91-40-37-38-60(93-102-98-77-65(46-58(83(13,14)15)52-71(77)89(31,32)33)66-47-59(84(16,17)18)53-72(78(66)99-102)90(34,35)36)39-41-92-101-96-75-63(44-56(81(7,8)9)50-69(75)87(25,26)27)64-45-57(82(10,11)12)51-70(76(64)97-101)88(28,29)30/h42-53,60H,37-41H2,1-36H3. The van der Waals surface area contributed by atoms with E-state index in [4.69, 9.17) is 38.8 Å². The van der Waals surface area contributed by atoms with Crippen molar-refractivity contribution in [3.05, 3.63) is 140 Å². The zero-order valence-corrected chi connectivity index (χ0v) is 72.7. The molecule has 3 heterocycles. The fraction of sp³-hybridized carbons (Fsp3) is 0.600. The molecule has 0 bridgehead atoms. The average molecular weight is 1450 g/mol. The Labute approximate surface area is 618 Å². The van der Waals surface area contributed by atoms with Crippen LogP contribution in [0.25, 0.3) is 65.8 Å². The Morgan fingerprint density at radius 1 is 0.235 bits per heavy atom. The van der Waals surface area contributed by atoms with E-state index in [9.17, 15) is 0 Å². The molecule has 560 valence electrons. The summed E-state index contributed by atoms with van der Waals surface area (Å²) in [4.78, 5) is 0. The Morgan fingerprint density at radius 2 is 0.422 bits per heavy atom. The molecule has 1 unspecified atom stereocenters. The highest BCUT2D eigenvalue weighted by molar-refractivity contribution is 7.32. The van der Waals surface area contributed by atoms with Crippen LogP contribution in [0.2, 0.25) is 0 Å². The first kappa shape index (κ1) is 81.0. The van der Waals surface area contributed by atoms with Gasteiger partial charge in [-0.25, -0.2) is 0 Å². The second-order valence-corrected chi connectivity index (χ2v) is 45.1. The smallest absolute Gasteiger partial charge is 0.387 e. The first-order chi connectivity index (χ1) is 46.1. The van der Waals surface area contributed by atoms with Crippen LogP contribution in [0.5, 0.6) is 0 Å². The summed E-state index contributed by atoms with van der Waals surface area (Å²) in [5, 5.41) is 6.15. The third-order valence-corrected chi connectivity index (χ3v) is 23.4. The van der Waals surface area contributed by atoms with Gasteiger partial charge in [-0.05, 0) is 154 Å². The van der Waals surface area contributed by atoms with Crippen LogP contribution in [0.1, 0.15) is 335 Å². The number of benzene rings is 6. The van der Waals surface area contributed by atoms with Crippen molar-refractivity contribution in [2.45, 2.75) is 340 Å². The summed E-state index contributed by atoms with van der Waals surface area (Å²) < 4.78 is 66.3. The van der Waals surface area contributed by atoms with Gasteiger partial charge in [0.05, 0.1) is 19.3 Å². The van der Waals surface area contributed by atoms with E-state index in [-0.39, 0.29) is 71.6 Å². The van der Waals surface area contributed by atoms with E-state index in [1.165, 1.54) is 33.4 Å². The van der Waals surface area contributed by atoms with E-state index in [0.717, 1.165) is 99.2 Å². The van der Waals surface area contributed by atoms with Gasteiger partial charge in [-0.1, -0.05) is 286 Å². The van der Waals surface area contributed by atoms with Gasteiger partial charge in [-0.3, -0.25) is 13.6 Å². The topological polar surface area (TPSA) is 107 Å². The molecule has 1 atom stereocenters. The Balaban J connectivity index is 1.27. The predicted molar refractivity (Wildman–Crippen MR) is 440 cm³/mol. The van der Waals surface area contributed by atoms with E-state index in [1.807, 2.05) is 0 Å². The van der Waals surface area contributed by atoms with E-state index in [2.05, 4.69) is 322 Å². The molecule has 12 heteroatoms. The van der Waals surface area contributed by atoms with Gasteiger partial charge in [0.2, 0.25) is 0 Å². The van der Waals surface area contributed by atoms with Crippen molar-refractivity contribution in [3.8, 4) is 0 Å². The van der Waals surface area contributed by atoms with E-state index >= 15 is 0 Å². The Hall–Kier alpha value is -5.10. The van der Waals surface area contributed by atoms with E-state index in [0.29, 0.717) is 25.9 Å². The van der Waals surface area contributed by atoms with Gasteiger partial charge in [-0.15, -0.1) is 0 Å². The summed E-state index contributed by atoms with van der Waals surface area (Å²) in [6.07, 6.45) is 1.11. The quantitative estimate of drug-likeness (QED) is 0.117. The summed E-state index contributed by atoms with van der Waals surface area (Å²) in [7, 11) is -6.14. The minimum Gasteiger partial charge on any atom is -0.399 e. The lowest BCUT2D eigenvalue weighted by molar-refractivity contribution is 0.195. The van der Waals surface area contributed by atoms with Crippen molar-refractivity contribution in [2.24, 2.45) is 0 Å². The average Bonchev–Trinajstić information content (AvgIpc) is 1.45. The Bertz CT molecular complexity index is 4470. The second kappa shape index (κ2) is 27.6. The van der Waals surface area contributed by atoms with Gasteiger partial charge >= 0.3 is 24.7 Å². The predicted octanol–water partition coefficient (Wildman–Crippen LogP) is 29.3. The fourth-order valence-corrected chi connectivity index (χ4v) is 16.7. The van der Waals surface area contributed by atoms with Crippen molar-refractivity contribution in [1.29, 1.82) is 0 Å². The monoisotopic (exact) mass is 1450 g/mol. The molecule has 0 fully saturated rings. The number of hydrogen-bond donors (Lipinski definition) is 0. The molecule has 102 heavy (non-hydrogen) atoms. The van der Waals surface area contributed by atoms with Gasteiger partial charge in [0, 0.05) is 65.7 Å². The van der Waals surface area contributed by atoms with Crippen molar-refractivity contribution in [2.75, 3.05) is 13.2 Å². The largest absolute Gasteiger partial charge is 0.399 e. The summed E-state index contributed by atoms with van der Waals surface area (Å²) in [6, 6.07) is 28.2. The van der Waals surface area contributed by atoms with Gasteiger partial charge in [0.15, 0.2) is 0 Å². The molecule has 0 aliphatic rings. The van der Waals surface area contributed by atoms with E-state index < -0.39 is 30.8 Å². The molecule has 0 N–H and O–H groups in total. The molecule has 0 spiro atoms. The third kappa shape index (κ3) is 18.0. The van der Waals surface area contributed by atoms with Crippen molar-refractivity contribution < 1.29 is 38.8 Å². The molecular weight excluding hydrogens is 1320 g/mol. The summed E-state index contributed by atoms with van der Waals surface area (Å²) in [6.45, 7) is 82.7. The van der Waals surface area contributed by atoms with Crippen LogP contribution in [0.15, 0.2) is 98.0 Å². The molecule has 0 aliphatic heterocycles. The normalized spacial score (nSPS) is 14.4. The van der Waals surface area contributed by atoms with Gasteiger partial charge in [0.1, 0.15) is 33.5 Å². The summed E-state index contributed by atoms with van der Waals surface area (Å²) >= 11 is 0. The zero-order valence-electron chi connectivity index (χ0n) is 70.1. The molecule has 0 radical (unpaired) electrons. The molecule has 0 saturated heterocycles. The Kier molecular flexibility index (Phi) is 21.9. The van der Waals surface area contributed by atoms with Crippen molar-refractivity contribution >= 4 is 90.5 Å². The zero-order chi connectivity index (χ0) is 76.6. The molecule has 3 aromatic heterocycles. The van der Waals surface area contributed by atoms with Crippen molar-refractivity contribution in [1.82, 2.24) is 0 Å². The number of rotatable bonds is 11. The van der Waals surface area contributed by atoms with Crippen LogP contribution >= 0.6 is 24.7 Å². The molecule has 0 amide bonds. The second-order valence-electron chi connectivity index (χ2n) is 41.9. The maximum absolute atomic E-state index is 7.60. The van der Waals surface area contributed by atoms with Crippen LogP contribution in [0, 0.1) is 0 Å². The molecule has 0 aliphatic carbocycles. The van der Waals surface area contributed by atoms with Gasteiger partial charge < -0.3 is 25.2 Å². The third-order valence-electron chi connectivity index (χ3n) is 20.2. The lowest BCUT2D eigenvalue weighted by Crippen LogP contribution is -2.19. The number of fused-ring (bicyclic) bond motifs is 9. The molecule has 9 rings (SSSR count). The molecule has 9 nitrogen and oxygen atoms in total. The number of hydrogen-bond acceptors (Lipinski definition) is 9. The maximum Gasteiger partial charge on any atom is 0.387 e. The summed E-state index contributed by atoms with van der Waals surface area (Å²) in [5.74, 6) is 0. The van der Waals surface area contributed by atoms with Crippen LogP contribution in [0.4, 0.5) is 0 Å². The van der Waals surface area contributed by atoms with Gasteiger partial charge in [0.25, 0.3) is 0 Å². The van der Waals surface area contributed by atoms with Crippen LogP contribution in [-0.4, -0.2) is 19.3 Å². The van der Waals surface area contributed by atoms with Gasteiger partial charge in [-0.2, -0.15) is 0 Å². The lowest BCUT2D eigenvalue weighted by atomic mass is 9.77. The minimum atomic E-state index is -2.12. The Morgan fingerprint density at radius 3 is 0.608 bits per heavy atom. The van der Waals surface area contributed by atoms with Crippen LogP contribution < -0.4 is 13.6 Å². The highest BCUT2D eigenvalue weighted by atomic mass is 31.1. The fourth-order valence-electron chi connectivity index (χ4n) is 13.2. The van der Waals surface area contributed by atoms with Crippen LogP contribution in [-0.2, 0) is 65.0 Å². The summed E-state index contributed by atoms with van der Waals surface area (Å²) in [5.41, 5.74) is 16.3. The first-order valence-electron chi connectivity index (χ1n) is 37.7. The molecule has 6 aromatic carbocycles. The maximum atomic E-state index is 7.60. The first-order valence-corrected chi connectivity index (χ1v) is 41.0. The SMILES string of the molecule is CC(C)(C)c1cc(C(C)(C)C)c2op(OCCCC(CCOp3oc4c(C(C)(C)C)cc(C(C)(C)C)cc4c4cc(C(C)(C)C)cc(C(C)(C)C)c4o3)Op3oc4c(C(C)(C)C)cc(C(C)(C)C)cc4c4cc(C(C)(C)C)cc(C(C)(C)C)c4o3)oc3c(C(C)(C)C)cc(C(C)(C)C)cc3c2c1. The van der Waals surface area contributed by atoms with Crippen LogP contribution in [0.3, 0.4) is 0 Å². The molecular formula is C90H131O9P3. The highest BCUT2D eigenvalue weighted by Gasteiger charge is 2.35. The minimum absolute atomic E-state index is 0.135. The highest BCUT2D eigenvalue weighted by Crippen LogP contribution is 2.51. The van der Waals surface area contributed by atoms with Crippen molar-refractivity contribution in [3.63, 3.8) is 0 Å². The lowest BCUT2D eigenvalue weighted by Gasteiger charge is -2.27. The van der Waals surface area contributed by atoms with E-state index in [1.54, 1.807) is 0 Å². The molecule has 9 aromatic rings.